The molecule has 84 valence electrons. The van der Waals surface area contributed by atoms with E-state index >= 15 is 0 Å². The average molecular weight is 281 g/mol. The van der Waals surface area contributed by atoms with E-state index in [-0.39, 0.29) is 15.9 Å². The average Bonchev–Trinajstić information content (AvgIpc) is 2.64. The zero-order valence-electron chi connectivity index (χ0n) is 7.79. The maximum Gasteiger partial charge on any atom is 0.126 e. The lowest BCUT2D eigenvalue weighted by Crippen LogP contribution is -2.03. The van der Waals surface area contributed by atoms with Crippen molar-refractivity contribution in [2.45, 2.75) is 5.88 Å². The highest BCUT2D eigenvalue weighted by molar-refractivity contribution is 6.37. The van der Waals surface area contributed by atoms with Crippen molar-refractivity contribution in [3.8, 4) is 5.69 Å². The van der Waals surface area contributed by atoms with Crippen molar-refractivity contribution in [2.75, 3.05) is 0 Å². The molecule has 1 heterocycles. The third-order valence-corrected chi connectivity index (χ3v) is 2.80. The van der Waals surface area contributed by atoms with Crippen LogP contribution in [0.3, 0.4) is 0 Å². The molecule has 2 rings (SSSR count). The summed E-state index contributed by atoms with van der Waals surface area (Å²) in [5, 5.41) is 7.80. The fraction of sp³-hybridized carbons (Fsp3) is 0.111. The number of rotatable bonds is 2. The quantitative estimate of drug-likeness (QED) is 0.789. The van der Waals surface area contributed by atoms with E-state index in [0.29, 0.717) is 11.4 Å². The Hall–Kier alpha value is -0.840. The first-order valence-corrected chi connectivity index (χ1v) is 5.53. The second-order valence-corrected chi connectivity index (χ2v) is 4.07. The molecule has 0 amide bonds. The minimum Gasteiger partial charge on any atom is -0.213 e. The molecule has 3 nitrogen and oxygen atoms in total. The molecule has 1 aromatic heterocycles. The van der Waals surface area contributed by atoms with E-state index in [4.69, 9.17) is 34.8 Å². The first-order valence-electron chi connectivity index (χ1n) is 4.24. The molecule has 0 radical (unpaired) electrons. The number of nitrogens with zero attached hydrogens (tertiary/aromatic N) is 3. The monoisotopic (exact) mass is 279 g/mol. The zero-order chi connectivity index (χ0) is 11.7. The standard InChI is InChI=1S/C9H5Cl3FN3/c10-3-6-4-14-15-16(6)9-7(11)1-5(13)2-8(9)12/h1-2,4H,3H2. The summed E-state index contributed by atoms with van der Waals surface area (Å²) in [7, 11) is 0. The predicted octanol–water partition coefficient (Wildman–Crippen LogP) is 3.45. The lowest BCUT2D eigenvalue weighted by atomic mass is 10.3. The van der Waals surface area contributed by atoms with Crippen LogP contribution in [0, 0.1) is 5.82 Å². The number of alkyl halides is 1. The molecule has 1 aromatic carbocycles. The van der Waals surface area contributed by atoms with Crippen LogP contribution in [0.1, 0.15) is 5.69 Å². The van der Waals surface area contributed by atoms with Crippen LogP contribution in [-0.2, 0) is 5.88 Å². The molecule has 7 heteroatoms. The van der Waals surface area contributed by atoms with Crippen LogP contribution in [0.2, 0.25) is 10.0 Å². The third kappa shape index (κ3) is 2.00. The maximum absolute atomic E-state index is 13.0. The fourth-order valence-corrected chi connectivity index (χ4v) is 2.08. The molecule has 2 aromatic rings. The molecule has 0 unspecified atom stereocenters. The fourth-order valence-electron chi connectivity index (χ4n) is 1.27. The number of halogens is 4. The number of hydrogen-bond donors (Lipinski definition) is 0. The second kappa shape index (κ2) is 4.57. The third-order valence-electron chi connectivity index (χ3n) is 1.95. The van der Waals surface area contributed by atoms with E-state index < -0.39 is 5.82 Å². The van der Waals surface area contributed by atoms with Gasteiger partial charge in [-0.3, -0.25) is 0 Å². The van der Waals surface area contributed by atoms with Gasteiger partial charge in [0.2, 0.25) is 0 Å². The molecule has 0 spiro atoms. The lowest BCUT2D eigenvalue weighted by molar-refractivity contribution is 0.626. The van der Waals surface area contributed by atoms with Gasteiger partial charge in [0.25, 0.3) is 0 Å². The normalized spacial score (nSPS) is 10.8. The molecule has 0 aliphatic heterocycles. The van der Waals surface area contributed by atoms with Crippen molar-refractivity contribution in [1.82, 2.24) is 15.0 Å². The van der Waals surface area contributed by atoms with Crippen LogP contribution in [0.5, 0.6) is 0 Å². The molecular weight excluding hydrogens is 275 g/mol. The molecule has 0 N–H and O–H groups in total. The van der Waals surface area contributed by atoms with Gasteiger partial charge in [0, 0.05) is 0 Å². The Morgan fingerprint density at radius 1 is 1.25 bits per heavy atom. The van der Waals surface area contributed by atoms with Gasteiger partial charge in [-0.1, -0.05) is 28.4 Å². The number of aromatic nitrogens is 3. The maximum atomic E-state index is 13.0. The van der Waals surface area contributed by atoms with E-state index in [1.54, 1.807) is 0 Å². The second-order valence-electron chi connectivity index (χ2n) is 2.99. The molecule has 16 heavy (non-hydrogen) atoms. The van der Waals surface area contributed by atoms with Crippen molar-refractivity contribution in [3.63, 3.8) is 0 Å². The number of hydrogen-bond acceptors (Lipinski definition) is 2. The van der Waals surface area contributed by atoms with Gasteiger partial charge in [0.05, 0.1) is 27.8 Å². The van der Waals surface area contributed by atoms with E-state index in [0.717, 1.165) is 12.1 Å². The minimum atomic E-state index is -0.508. The van der Waals surface area contributed by atoms with Crippen molar-refractivity contribution in [3.05, 3.63) is 39.9 Å². The van der Waals surface area contributed by atoms with Crippen molar-refractivity contribution < 1.29 is 4.39 Å². The topological polar surface area (TPSA) is 30.7 Å². The summed E-state index contributed by atoms with van der Waals surface area (Å²) in [6.07, 6.45) is 1.49. The van der Waals surface area contributed by atoms with Crippen LogP contribution >= 0.6 is 34.8 Å². The molecular formula is C9H5Cl3FN3. The highest BCUT2D eigenvalue weighted by Gasteiger charge is 2.14. The first kappa shape index (κ1) is 11.6. The van der Waals surface area contributed by atoms with E-state index in [1.165, 1.54) is 10.9 Å². The van der Waals surface area contributed by atoms with Gasteiger partial charge in [-0.2, -0.15) is 0 Å². The molecule has 0 saturated carbocycles. The largest absolute Gasteiger partial charge is 0.213 e. The Bertz CT molecular complexity index is 503. The first-order chi connectivity index (χ1) is 7.63. The summed E-state index contributed by atoms with van der Waals surface area (Å²) >= 11 is 17.5. The summed E-state index contributed by atoms with van der Waals surface area (Å²) in [4.78, 5) is 0. The highest BCUT2D eigenvalue weighted by Crippen LogP contribution is 2.30. The Labute approximate surface area is 106 Å². The Morgan fingerprint density at radius 3 is 2.44 bits per heavy atom. The van der Waals surface area contributed by atoms with E-state index in [1.807, 2.05) is 0 Å². The lowest BCUT2D eigenvalue weighted by Gasteiger charge is -2.08. The van der Waals surface area contributed by atoms with Gasteiger partial charge in [-0.15, -0.1) is 16.7 Å². The van der Waals surface area contributed by atoms with Crippen LogP contribution in [0.25, 0.3) is 5.69 Å². The van der Waals surface area contributed by atoms with Gasteiger partial charge >= 0.3 is 0 Å². The van der Waals surface area contributed by atoms with Crippen molar-refractivity contribution in [1.29, 1.82) is 0 Å². The summed E-state index contributed by atoms with van der Waals surface area (Å²) in [6.45, 7) is 0. The molecule has 0 atom stereocenters. The molecule has 0 aliphatic rings. The van der Waals surface area contributed by atoms with Crippen molar-refractivity contribution in [2.24, 2.45) is 0 Å². The van der Waals surface area contributed by atoms with Crippen LogP contribution < -0.4 is 0 Å². The highest BCUT2D eigenvalue weighted by atomic mass is 35.5. The summed E-state index contributed by atoms with van der Waals surface area (Å²) < 4.78 is 14.4. The Kier molecular flexibility index (Phi) is 3.33. The van der Waals surface area contributed by atoms with E-state index in [9.17, 15) is 4.39 Å². The molecule has 0 fully saturated rings. The van der Waals surface area contributed by atoms with Crippen LogP contribution in [-0.4, -0.2) is 15.0 Å². The van der Waals surface area contributed by atoms with Crippen molar-refractivity contribution >= 4 is 34.8 Å². The molecule has 0 saturated heterocycles. The van der Waals surface area contributed by atoms with Gasteiger partial charge in [-0.05, 0) is 12.1 Å². The van der Waals surface area contributed by atoms with Gasteiger partial charge < -0.3 is 0 Å². The SMILES string of the molecule is Fc1cc(Cl)c(-n2nncc2CCl)c(Cl)c1. The van der Waals surface area contributed by atoms with Crippen LogP contribution in [0.15, 0.2) is 18.3 Å². The minimum absolute atomic E-state index is 0.155. The Balaban J connectivity index is 2.64. The van der Waals surface area contributed by atoms with Gasteiger partial charge in [0.1, 0.15) is 11.5 Å². The smallest absolute Gasteiger partial charge is 0.126 e. The van der Waals surface area contributed by atoms with E-state index in [2.05, 4.69) is 10.3 Å². The number of benzene rings is 1. The summed E-state index contributed by atoms with van der Waals surface area (Å²) in [6, 6.07) is 2.31. The van der Waals surface area contributed by atoms with Gasteiger partial charge in [0.15, 0.2) is 0 Å². The summed E-state index contributed by atoms with van der Waals surface area (Å²) in [5.74, 6) is -0.303. The van der Waals surface area contributed by atoms with Gasteiger partial charge in [-0.25, -0.2) is 9.07 Å². The summed E-state index contributed by atoms with van der Waals surface area (Å²) in [5.41, 5.74) is 0.995. The molecule has 0 bridgehead atoms. The Morgan fingerprint density at radius 2 is 1.88 bits per heavy atom. The zero-order valence-corrected chi connectivity index (χ0v) is 10.1. The van der Waals surface area contributed by atoms with Crippen LogP contribution in [0.4, 0.5) is 4.39 Å². The molecule has 0 aliphatic carbocycles. The predicted molar refractivity (Wildman–Crippen MR) is 60.9 cm³/mol.